The Bertz CT molecular complexity index is 1080. The molecule has 1 aliphatic rings. The van der Waals surface area contributed by atoms with Crippen molar-refractivity contribution in [3.05, 3.63) is 97.9 Å². The molecular formula is C25H23BrCl2N2O2. The summed E-state index contributed by atoms with van der Waals surface area (Å²) in [4.78, 5) is 17.2. The van der Waals surface area contributed by atoms with Gasteiger partial charge in [0.1, 0.15) is 12.4 Å². The van der Waals surface area contributed by atoms with Gasteiger partial charge < -0.3 is 9.64 Å². The van der Waals surface area contributed by atoms with Gasteiger partial charge in [0, 0.05) is 47.8 Å². The van der Waals surface area contributed by atoms with Crippen LogP contribution in [0.4, 0.5) is 0 Å². The van der Waals surface area contributed by atoms with E-state index in [9.17, 15) is 4.79 Å². The first-order valence-electron chi connectivity index (χ1n) is 10.4. The van der Waals surface area contributed by atoms with E-state index in [-0.39, 0.29) is 5.91 Å². The summed E-state index contributed by atoms with van der Waals surface area (Å²) in [5.41, 5.74) is 2.87. The third kappa shape index (κ3) is 6.04. The van der Waals surface area contributed by atoms with Crippen molar-refractivity contribution in [2.45, 2.75) is 13.2 Å². The highest BCUT2D eigenvalue weighted by Gasteiger charge is 2.22. The van der Waals surface area contributed by atoms with E-state index in [1.807, 2.05) is 59.5 Å². The fourth-order valence-electron chi connectivity index (χ4n) is 3.68. The molecule has 0 unspecified atom stereocenters. The Morgan fingerprint density at radius 2 is 1.66 bits per heavy atom. The van der Waals surface area contributed by atoms with Crippen LogP contribution in [-0.4, -0.2) is 41.9 Å². The molecule has 3 aromatic rings. The molecule has 0 bridgehead atoms. The molecule has 32 heavy (non-hydrogen) atoms. The second-order valence-electron chi connectivity index (χ2n) is 7.76. The Morgan fingerprint density at radius 3 is 2.34 bits per heavy atom. The summed E-state index contributed by atoms with van der Waals surface area (Å²) in [6.45, 7) is 4.35. The normalized spacial score (nSPS) is 14.4. The van der Waals surface area contributed by atoms with Crippen LogP contribution in [0.15, 0.2) is 71.2 Å². The quantitative estimate of drug-likeness (QED) is 0.373. The van der Waals surface area contributed by atoms with Gasteiger partial charge in [0.05, 0.1) is 5.02 Å². The molecule has 1 amide bonds. The average molecular weight is 534 g/mol. The van der Waals surface area contributed by atoms with Crippen LogP contribution in [0.25, 0.3) is 0 Å². The van der Waals surface area contributed by atoms with Crippen molar-refractivity contribution >= 4 is 45.0 Å². The molecule has 1 heterocycles. The number of benzene rings is 3. The Kier molecular flexibility index (Phi) is 7.74. The number of piperazine rings is 1. The Balaban J connectivity index is 1.28. The van der Waals surface area contributed by atoms with Gasteiger partial charge in [0.15, 0.2) is 0 Å². The molecular weight excluding hydrogens is 511 g/mol. The molecule has 0 aliphatic carbocycles. The predicted octanol–water partition coefficient (Wildman–Crippen LogP) is 6.29. The van der Waals surface area contributed by atoms with Crippen LogP contribution in [0, 0.1) is 0 Å². The zero-order chi connectivity index (χ0) is 22.5. The molecule has 1 aliphatic heterocycles. The maximum absolute atomic E-state index is 12.9. The summed E-state index contributed by atoms with van der Waals surface area (Å²) in [5, 5.41) is 1.31. The first-order valence-corrected chi connectivity index (χ1v) is 12.0. The van der Waals surface area contributed by atoms with Crippen LogP contribution in [-0.2, 0) is 13.2 Å². The van der Waals surface area contributed by atoms with E-state index in [1.54, 1.807) is 6.07 Å². The highest BCUT2D eigenvalue weighted by molar-refractivity contribution is 9.10. The monoisotopic (exact) mass is 532 g/mol. The van der Waals surface area contributed by atoms with Crippen molar-refractivity contribution in [1.29, 1.82) is 0 Å². The first kappa shape index (κ1) is 23.1. The molecule has 4 rings (SSSR count). The Morgan fingerprint density at radius 1 is 0.906 bits per heavy atom. The Labute approximate surface area is 206 Å². The van der Waals surface area contributed by atoms with Gasteiger partial charge in [-0.05, 0) is 53.6 Å². The van der Waals surface area contributed by atoms with Crippen molar-refractivity contribution in [3.8, 4) is 5.75 Å². The lowest BCUT2D eigenvalue weighted by Crippen LogP contribution is -2.48. The topological polar surface area (TPSA) is 32.8 Å². The van der Waals surface area contributed by atoms with Gasteiger partial charge in [-0.25, -0.2) is 0 Å². The molecule has 4 nitrogen and oxygen atoms in total. The molecule has 7 heteroatoms. The van der Waals surface area contributed by atoms with E-state index in [0.29, 0.717) is 36.0 Å². The van der Waals surface area contributed by atoms with Gasteiger partial charge in [-0.1, -0.05) is 63.4 Å². The largest absolute Gasteiger partial charge is 0.487 e. The lowest BCUT2D eigenvalue weighted by atomic mass is 10.1. The van der Waals surface area contributed by atoms with Crippen LogP contribution in [0.3, 0.4) is 0 Å². The van der Waals surface area contributed by atoms with E-state index in [2.05, 4.69) is 26.9 Å². The highest BCUT2D eigenvalue weighted by atomic mass is 79.9. The first-order chi connectivity index (χ1) is 15.5. The SMILES string of the molecule is O=C(c1ccc(COc2ccc(Br)cc2Cl)cc1)N1CCN(Cc2cccc(Cl)c2)CC1. The van der Waals surface area contributed by atoms with Crippen molar-refractivity contribution in [2.24, 2.45) is 0 Å². The minimum absolute atomic E-state index is 0.0656. The van der Waals surface area contributed by atoms with Crippen LogP contribution in [0.2, 0.25) is 10.0 Å². The van der Waals surface area contributed by atoms with Gasteiger partial charge in [0.2, 0.25) is 0 Å². The lowest BCUT2D eigenvalue weighted by molar-refractivity contribution is 0.0628. The maximum atomic E-state index is 12.9. The van der Waals surface area contributed by atoms with Crippen molar-refractivity contribution in [2.75, 3.05) is 26.2 Å². The smallest absolute Gasteiger partial charge is 0.253 e. The predicted molar refractivity (Wildman–Crippen MR) is 133 cm³/mol. The van der Waals surface area contributed by atoms with E-state index < -0.39 is 0 Å². The molecule has 0 saturated carbocycles. The van der Waals surface area contributed by atoms with Crippen LogP contribution in [0.1, 0.15) is 21.5 Å². The molecule has 0 aromatic heterocycles. The van der Waals surface area contributed by atoms with Crippen LogP contribution in [0.5, 0.6) is 5.75 Å². The van der Waals surface area contributed by atoms with Gasteiger partial charge in [-0.2, -0.15) is 0 Å². The van der Waals surface area contributed by atoms with E-state index in [1.165, 1.54) is 5.56 Å². The summed E-state index contributed by atoms with van der Waals surface area (Å²) in [6, 6.07) is 21.0. The molecule has 3 aromatic carbocycles. The average Bonchev–Trinajstić information content (AvgIpc) is 2.79. The van der Waals surface area contributed by atoms with E-state index in [0.717, 1.165) is 34.7 Å². The number of halogens is 3. The lowest BCUT2D eigenvalue weighted by Gasteiger charge is -2.34. The zero-order valence-corrected chi connectivity index (χ0v) is 20.5. The van der Waals surface area contributed by atoms with E-state index >= 15 is 0 Å². The number of rotatable bonds is 6. The number of carbonyl (C=O) groups is 1. The van der Waals surface area contributed by atoms with Gasteiger partial charge in [-0.15, -0.1) is 0 Å². The standard InChI is InChI=1S/C25H23BrCl2N2O2/c26-21-8-9-24(23(28)15-21)32-17-18-4-6-20(7-5-18)25(31)30-12-10-29(11-13-30)16-19-2-1-3-22(27)14-19/h1-9,14-15H,10-13,16-17H2. The van der Waals surface area contributed by atoms with Crippen LogP contribution >= 0.6 is 39.1 Å². The maximum Gasteiger partial charge on any atom is 0.253 e. The second-order valence-corrected chi connectivity index (χ2v) is 9.52. The summed E-state index contributed by atoms with van der Waals surface area (Å²) < 4.78 is 6.71. The zero-order valence-electron chi connectivity index (χ0n) is 17.4. The number of hydrogen-bond acceptors (Lipinski definition) is 3. The van der Waals surface area contributed by atoms with Crippen LogP contribution < -0.4 is 4.74 Å². The highest BCUT2D eigenvalue weighted by Crippen LogP contribution is 2.28. The van der Waals surface area contributed by atoms with Gasteiger partial charge in [0.25, 0.3) is 5.91 Å². The molecule has 1 fully saturated rings. The molecule has 0 radical (unpaired) electrons. The van der Waals surface area contributed by atoms with E-state index in [4.69, 9.17) is 27.9 Å². The number of nitrogens with zero attached hydrogens (tertiary/aromatic N) is 2. The summed E-state index contributed by atoms with van der Waals surface area (Å²) in [5.74, 6) is 0.696. The molecule has 1 saturated heterocycles. The fraction of sp³-hybridized carbons (Fsp3) is 0.240. The van der Waals surface area contributed by atoms with Crippen molar-refractivity contribution in [3.63, 3.8) is 0 Å². The summed E-state index contributed by atoms with van der Waals surface area (Å²) >= 11 is 15.7. The van der Waals surface area contributed by atoms with Gasteiger partial charge >= 0.3 is 0 Å². The number of hydrogen-bond donors (Lipinski definition) is 0. The van der Waals surface area contributed by atoms with Gasteiger partial charge in [-0.3, -0.25) is 9.69 Å². The second kappa shape index (κ2) is 10.7. The molecule has 0 N–H and O–H groups in total. The Hall–Kier alpha value is -2.05. The third-order valence-corrected chi connectivity index (χ3v) is 6.47. The minimum atomic E-state index is 0.0656. The molecule has 0 spiro atoms. The van der Waals surface area contributed by atoms with Crippen molar-refractivity contribution in [1.82, 2.24) is 9.80 Å². The fourth-order valence-corrected chi connectivity index (χ4v) is 4.62. The summed E-state index contributed by atoms with van der Waals surface area (Å²) in [6.07, 6.45) is 0. The number of carbonyl (C=O) groups excluding carboxylic acids is 1. The number of ether oxygens (including phenoxy) is 1. The van der Waals surface area contributed by atoms with Crippen molar-refractivity contribution < 1.29 is 9.53 Å². The minimum Gasteiger partial charge on any atom is -0.487 e. The third-order valence-electron chi connectivity index (χ3n) is 5.44. The molecule has 166 valence electrons. The molecule has 0 atom stereocenters. The summed E-state index contributed by atoms with van der Waals surface area (Å²) in [7, 11) is 0. The number of amides is 1.